The first-order valence-corrected chi connectivity index (χ1v) is 10.9. The molecule has 158 valence electrons. The maximum Gasteiger partial charge on any atom is 0.228 e. The lowest BCUT2D eigenvalue weighted by molar-refractivity contribution is 0.135. The average Bonchev–Trinajstić information content (AvgIpc) is 3.25. The number of nitriles is 1. The van der Waals surface area contributed by atoms with E-state index in [0.717, 1.165) is 55.1 Å². The monoisotopic (exact) mass is 408 g/mol. The fourth-order valence-electron chi connectivity index (χ4n) is 5.12. The van der Waals surface area contributed by atoms with Crippen molar-refractivity contribution >= 4 is 17.6 Å². The second-order valence-corrected chi connectivity index (χ2v) is 8.54. The molecule has 2 fully saturated rings. The zero-order valence-electron chi connectivity index (χ0n) is 17.3. The molecule has 5 rings (SSSR count). The number of hydrogen-bond donors (Lipinski definition) is 3. The van der Waals surface area contributed by atoms with Crippen LogP contribution in [0.25, 0.3) is 0 Å². The molecule has 0 saturated carbocycles. The zero-order valence-corrected chi connectivity index (χ0v) is 17.3. The molecule has 2 aromatic rings. The van der Waals surface area contributed by atoms with Gasteiger partial charge < -0.3 is 15.4 Å². The quantitative estimate of drug-likeness (QED) is 0.668. The van der Waals surface area contributed by atoms with E-state index in [9.17, 15) is 0 Å². The molecule has 0 radical (unpaired) electrons. The van der Waals surface area contributed by atoms with Crippen LogP contribution in [0.5, 0.6) is 5.88 Å². The standard InChI is InChI=1S/C21H28N8O/c1-13-10-18(28-27-13)24-19-17-4-2-9-30-20(17)26-21(25-19)23-14-11-15-5-6-16(12-14)29(15)8-3-7-22/h10,14-16H,2-6,8-9,11-12H2,1H3,(H3,23,24,25,26,27,28). The third kappa shape index (κ3) is 3.79. The third-order valence-electron chi connectivity index (χ3n) is 6.43. The highest BCUT2D eigenvalue weighted by Crippen LogP contribution is 2.37. The molecule has 2 unspecified atom stereocenters. The second kappa shape index (κ2) is 8.11. The first kappa shape index (κ1) is 19.1. The van der Waals surface area contributed by atoms with Gasteiger partial charge in [-0.2, -0.15) is 20.3 Å². The van der Waals surface area contributed by atoms with Crippen molar-refractivity contribution in [2.45, 2.75) is 70.0 Å². The number of H-pyrrole nitrogens is 1. The van der Waals surface area contributed by atoms with Crippen LogP contribution in [0, 0.1) is 18.3 Å². The predicted molar refractivity (Wildman–Crippen MR) is 113 cm³/mol. The summed E-state index contributed by atoms with van der Waals surface area (Å²) in [5, 5.41) is 23.1. The zero-order chi connectivity index (χ0) is 20.5. The number of ether oxygens (including phenoxy) is 1. The average molecular weight is 409 g/mol. The van der Waals surface area contributed by atoms with Crippen LogP contribution in [0.2, 0.25) is 0 Å². The van der Waals surface area contributed by atoms with Crippen molar-refractivity contribution in [1.29, 1.82) is 5.26 Å². The van der Waals surface area contributed by atoms with Gasteiger partial charge in [0.1, 0.15) is 5.82 Å². The van der Waals surface area contributed by atoms with Crippen LogP contribution in [0.15, 0.2) is 6.07 Å². The highest BCUT2D eigenvalue weighted by Gasteiger charge is 2.40. The molecular weight excluding hydrogens is 380 g/mol. The molecule has 3 N–H and O–H groups in total. The Hall–Kier alpha value is -2.86. The molecule has 2 atom stereocenters. The molecule has 9 nitrogen and oxygen atoms in total. The van der Waals surface area contributed by atoms with Crippen molar-refractivity contribution < 1.29 is 4.74 Å². The topological polar surface area (TPSA) is 115 Å². The van der Waals surface area contributed by atoms with Gasteiger partial charge in [-0.1, -0.05) is 0 Å². The molecule has 9 heteroatoms. The van der Waals surface area contributed by atoms with Crippen LogP contribution in [0.3, 0.4) is 0 Å². The Labute approximate surface area is 176 Å². The van der Waals surface area contributed by atoms with Gasteiger partial charge in [0.25, 0.3) is 0 Å². The fraction of sp³-hybridized carbons (Fsp3) is 0.619. The number of aromatic nitrogens is 4. The van der Waals surface area contributed by atoms with E-state index in [1.165, 1.54) is 12.8 Å². The van der Waals surface area contributed by atoms with Crippen molar-refractivity contribution in [3.05, 3.63) is 17.3 Å². The van der Waals surface area contributed by atoms with Gasteiger partial charge in [-0.25, -0.2) is 0 Å². The Morgan fingerprint density at radius 2 is 2.13 bits per heavy atom. The predicted octanol–water partition coefficient (Wildman–Crippen LogP) is 2.90. The van der Waals surface area contributed by atoms with Gasteiger partial charge in [-0.05, 0) is 45.4 Å². The minimum absolute atomic E-state index is 0.336. The van der Waals surface area contributed by atoms with E-state index in [1.807, 2.05) is 13.0 Å². The summed E-state index contributed by atoms with van der Waals surface area (Å²) >= 11 is 0. The van der Waals surface area contributed by atoms with E-state index < -0.39 is 0 Å². The molecule has 2 aromatic heterocycles. The number of aryl methyl sites for hydroxylation is 1. The summed E-state index contributed by atoms with van der Waals surface area (Å²) in [5.74, 6) is 2.79. The van der Waals surface area contributed by atoms with Gasteiger partial charge >= 0.3 is 0 Å². The van der Waals surface area contributed by atoms with Crippen molar-refractivity contribution in [2.24, 2.45) is 0 Å². The van der Waals surface area contributed by atoms with E-state index in [2.05, 4.69) is 36.8 Å². The highest BCUT2D eigenvalue weighted by molar-refractivity contribution is 5.61. The molecule has 0 aromatic carbocycles. The number of nitrogens with one attached hydrogen (secondary N) is 3. The molecule has 5 heterocycles. The molecule has 0 spiro atoms. The summed E-state index contributed by atoms with van der Waals surface area (Å²) in [6.07, 6.45) is 7.01. The van der Waals surface area contributed by atoms with Crippen molar-refractivity contribution in [2.75, 3.05) is 23.8 Å². The summed E-state index contributed by atoms with van der Waals surface area (Å²) in [4.78, 5) is 12.0. The van der Waals surface area contributed by atoms with Crippen LogP contribution < -0.4 is 15.4 Å². The van der Waals surface area contributed by atoms with E-state index in [-0.39, 0.29) is 0 Å². The second-order valence-electron chi connectivity index (χ2n) is 8.54. The number of aromatic amines is 1. The first-order valence-electron chi connectivity index (χ1n) is 10.9. The van der Waals surface area contributed by atoms with Gasteiger partial charge in [-0.15, -0.1) is 0 Å². The van der Waals surface area contributed by atoms with Crippen LogP contribution in [0.4, 0.5) is 17.6 Å². The van der Waals surface area contributed by atoms with Crippen molar-refractivity contribution in [3.8, 4) is 11.9 Å². The molecule has 30 heavy (non-hydrogen) atoms. The van der Waals surface area contributed by atoms with Gasteiger partial charge in [0.15, 0.2) is 5.82 Å². The lowest BCUT2D eigenvalue weighted by Crippen LogP contribution is -2.47. The maximum absolute atomic E-state index is 8.94. The smallest absolute Gasteiger partial charge is 0.228 e. The Kier molecular flexibility index (Phi) is 5.17. The largest absolute Gasteiger partial charge is 0.477 e. The fourth-order valence-corrected chi connectivity index (χ4v) is 5.12. The first-order chi connectivity index (χ1) is 14.7. The van der Waals surface area contributed by atoms with E-state index in [1.54, 1.807) is 0 Å². The minimum Gasteiger partial charge on any atom is -0.477 e. The Bertz CT molecular complexity index is 937. The Morgan fingerprint density at radius 3 is 2.87 bits per heavy atom. The molecule has 3 aliphatic rings. The molecule has 0 aliphatic carbocycles. The lowest BCUT2D eigenvalue weighted by atomic mass is 9.97. The number of rotatable bonds is 6. The number of piperidine rings is 1. The lowest BCUT2D eigenvalue weighted by Gasteiger charge is -2.38. The summed E-state index contributed by atoms with van der Waals surface area (Å²) < 4.78 is 5.85. The normalized spacial score (nSPS) is 25.3. The number of hydrogen-bond acceptors (Lipinski definition) is 8. The molecule has 2 saturated heterocycles. The van der Waals surface area contributed by atoms with E-state index in [0.29, 0.717) is 43.0 Å². The molecule has 0 amide bonds. The summed E-state index contributed by atoms with van der Waals surface area (Å²) in [6, 6.07) is 5.68. The maximum atomic E-state index is 8.94. The van der Waals surface area contributed by atoms with Crippen LogP contribution in [-0.4, -0.2) is 56.3 Å². The van der Waals surface area contributed by atoms with E-state index >= 15 is 0 Å². The molecular formula is C21H28N8O. The van der Waals surface area contributed by atoms with Gasteiger partial charge in [0, 0.05) is 42.9 Å². The summed E-state index contributed by atoms with van der Waals surface area (Å²) in [7, 11) is 0. The summed E-state index contributed by atoms with van der Waals surface area (Å²) in [5.41, 5.74) is 2.01. The molecule has 2 bridgehead atoms. The van der Waals surface area contributed by atoms with Crippen LogP contribution in [-0.2, 0) is 6.42 Å². The highest BCUT2D eigenvalue weighted by atomic mass is 16.5. The van der Waals surface area contributed by atoms with E-state index in [4.69, 9.17) is 15.0 Å². The Balaban J connectivity index is 1.34. The SMILES string of the molecule is Cc1cc(Nc2nc(NC3CC4CCC(C3)N4CCC#N)nc3c2CCCO3)n[nH]1. The number of nitrogens with zero attached hydrogens (tertiary/aromatic N) is 5. The Morgan fingerprint density at radius 1 is 1.30 bits per heavy atom. The van der Waals surface area contributed by atoms with Crippen LogP contribution in [0.1, 0.15) is 49.8 Å². The van der Waals surface area contributed by atoms with Gasteiger partial charge in [-0.3, -0.25) is 10.00 Å². The van der Waals surface area contributed by atoms with Crippen LogP contribution >= 0.6 is 0 Å². The molecule has 3 aliphatic heterocycles. The third-order valence-corrected chi connectivity index (χ3v) is 6.43. The minimum atomic E-state index is 0.336. The van der Waals surface area contributed by atoms with Crippen molar-refractivity contribution in [3.63, 3.8) is 0 Å². The van der Waals surface area contributed by atoms with Crippen molar-refractivity contribution in [1.82, 2.24) is 25.1 Å². The number of anilines is 3. The van der Waals surface area contributed by atoms with Gasteiger partial charge in [0.2, 0.25) is 11.8 Å². The summed E-state index contributed by atoms with van der Waals surface area (Å²) in [6.45, 7) is 3.55. The van der Waals surface area contributed by atoms with Gasteiger partial charge in [0.05, 0.1) is 18.2 Å². The number of fused-ring (bicyclic) bond motifs is 3.